The van der Waals surface area contributed by atoms with Gasteiger partial charge in [0.25, 0.3) is 0 Å². The van der Waals surface area contributed by atoms with E-state index in [1.54, 1.807) is 6.92 Å². The van der Waals surface area contributed by atoms with Gasteiger partial charge in [-0.2, -0.15) is 13.2 Å². The van der Waals surface area contributed by atoms with Gasteiger partial charge in [-0.15, -0.1) is 0 Å². The van der Waals surface area contributed by atoms with Crippen LogP contribution in [0.5, 0.6) is 0 Å². The number of hydrogen-bond donors (Lipinski definition) is 0. The third-order valence-electron chi connectivity index (χ3n) is 8.45. The normalized spacial score (nSPS) is 26.9. The van der Waals surface area contributed by atoms with Gasteiger partial charge in [-0.05, 0) is 67.0 Å². The summed E-state index contributed by atoms with van der Waals surface area (Å²) in [7, 11) is 0. The van der Waals surface area contributed by atoms with Crippen LogP contribution in [0.15, 0.2) is 42.5 Å². The first kappa shape index (κ1) is 28.1. The van der Waals surface area contributed by atoms with Crippen molar-refractivity contribution in [2.45, 2.75) is 57.9 Å². The molecule has 3 saturated heterocycles. The first-order valence-electron chi connectivity index (χ1n) is 13.6. The number of aryl methyl sites for hydroxylation is 1. The van der Waals surface area contributed by atoms with E-state index in [9.17, 15) is 22.4 Å². The van der Waals surface area contributed by atoms with Crippen LogP contribution in [-0.4, -0.2) is 50.0 Å². The minimum Gasteiger partial charge on any atom is -0.381 e. The van der Waals surface area contributed by atoms with Crippen molar-refractivity contribution in [3.63, 3.8) is 0 Å². The van der Waals surface area contributed by atoms with Gasteiger partial charge in [-0.1, -0.05) is 30.3 Å². The molecule has 9 heteroatoms. The van der Waals surface area contributed by atoms with E-state index in [1.165, 1.54) is 6.07 Å². The molecule has 0 aromatic heterocycles. The summed E-state index contributed by atoms with van der Waals surface area (Å²) in [5.74, 6) is 0.106. The SMILES string of the molecule is Cc1ccccc1[C@@H]1[C@@H](O[C@H](C)c2cc(CF)cc(C(F)(F)F)c2)OC[C@@H]2CN(C(=O)C3CCOCC3)C[C@H]21. The van der Waals surface area contributed by atoms with E-state index < -0.39 is 30.8 Å². The van der Waals surface area contributed by atoms with Crippen molar-refractivity contribution >= 4 is 5.91 Å². The fourth-order valence-corrected chi connectivity index (χ4v) is 6.32. The van der Waals surface area contributed by atoms with E-state index in [0.717, 1.165) is 36.1 Å². The molecule has 0 radical (unpaired) electrons. The van der Waals surface area contributed by atoms with Gasteiger partial charge in [-0.3, -0.25) is 4.79 Å². The van der Waals surface area contributed by atoms with Crippen LogP contribution in [0.1, 0.15) is 59.6 Å². The molecule has 3 fully saturated rings. The Hall–Kier alpha value is -2.49. The average molecular weight is 550 g/mol. The van der Waals surface area contributed by atoms with Crippen molar-refractivity contribution in [2.24, 2.45) is 17.8 Å². The van der Waals surface area contributed by atoms with Crippen molar-refractivity contribution in [1.29, 1.82) is 0 Å². The Morgan fingerprint density at radius 3 is 2.56 bits per heavy atom. The van der Waals surface area contributed by atoms with E-state index in [1.807, 2.05) is 36.1 Å². The van der Waals surface area contributed by atoms with Crippen LogP contribution in [0.2, 0.25) is 0 Å². The number of amides is 1. The molecule has 0 unspecified atom stereocenters. The summed E-state index contributed by atoms with van der Waals surface area (Å²) in [6, 6.07) is 11.2. The third-order valence-corrected chi connectivity index (χ3v) is 8.45. The second kappa shape index (κ2) is 11.6. The number of hydrogen-bond acceptors (Lipinski definition) is 4. The number of likely N-dealkylation sites (tertiary alicyclic amines) is 1. The van der Waals surface area contributed by atoms with Crippen molar-refractivity contribution in [2.75, 3.05) is 32.9 Å². The van der Waals surface area contributed by atoms with Gasteiger partial charge in [0.2, 0.25) is 5.91 Å². The van der Waals surface area contributed by atoms with Crippen LogP contribution in [0.3, 0.4) is 0 Å². The zero-order valence-corrected chi connectivity index (χ0v) is 22.3. The van der Waals surface area contributed by atoms with Gasteiger partial charge < -0.3 is 19.1 Å². The number of ether oxygens (including phenoxy) is 3. The molecule has 3 aliphatic heterocycles. The Morgan fingerprint density at radius 2 is 1.87 bits per heavy atom. The summed E-state index contributed by atoms with van der Waals surface area (Å²) in [4.78, 5) is 15.3. The van der Waals surface area contributed by atoms with Crippen LogP contribution in [0, 0.1) is 24.7 Å². The Kier molecular flexibility index (Phi) is 8.31. The summed E-state index contributed by atoms with van der Waals surface area (Å²) in [6.45, 7) is 5.44. The van der Waals surface area contributed by atoms with Crippen molar-refractivity contribution in [1.82, 2.24) is 4.90 Å². The highest BCUT2D eigenvalue weighted by molar-refractivity contribution is 5.79. The molecule has 2 aromatic carbocycles. The summed E-state index contributed by atoms with van der Waals surface area (Å²) >= 11 is 0. The zero-order chi connectivity index (χ0) is 27.7. The topological polar surface area (TPSA) is 48.0 Å². The standard InChI is InChI=1S/C30H35F4NO4/c1-18-5-3-4-6-25(18)27-26-16-35(28(36)21-7-9-37-10-8-21)15-23(26)17-38-29(27)39-19(2)22-11-20(14-31)12-24(13-22)30(32,33)34/h3-6,11-13,19,21,23,26-27,29H,7-10,14-17H2,1-2H3/t19-,23+,26-,27+,29-/m1/s1. The zero-order valence-electron chi connectivity index (χ0n) is 22.3. The number of nitrogens with zero attached hydrogens (tertiary/aromatic N) is 1. The molecular weight excluding hydrogens is 514 g/mol. The van der Waals surface area contributed by atoms with Gasteiger partial charge >= 0.3 is 6.18 Å². The smallest absolute Gasteiger partial charge is 0.381 e. The van der Waals surface area contributed by atoms with E-state index in [4.69, 9.17) is 14.2 Å². The predicted molar refractivity (Wildman–Crippen MR) is 137 cm³/mol. The second-order valence-electron chi connectivity index (χ2n) is 11.0. The minimum atomic E-state index is -4.60. The number of carbonyl (C=O) groups excluding carboxylic acids is 1. The number of benzene rings is 2. The Bertz CT molecular complexity index is 1170. The molecule has 3 heterocycles. The van der Waals surface area contributed by atoms with Crippen LogP contribution in [0.25, 0.3) is 0 Å². The van der Waals surface area contributed by atoms with Gasteiger partial charge in [0.1, 0.15) is 6.67 Å². The largest absolute Gasteiger partial charge is 0.416 e. The molecule has 5 nitrogen and oxygen atoms in total. The van der Waals surface area contributed by atoms with Gasteiger partial charge in [0.05, 0.1) is 18.3 Å². The second-order valence-corrected chi connectivity index (χ2v) is 11.0. The minimum absolute atomic E-state index is 0.0330. The molecule has 1 amide bonds. The number of fused-ring (bicyclic) bond motifs is 1. The quantitative estimate of drug-likeness (QED) is 0.403. The Labute approximate surface area is 226 Å². The molecule has 0 saturated carbocycles. The molecule has 5 rings (SSSR count). The van der Waals surface area contributed by atoms with Crippen LogP contribution in [0.4, 0.5) is 17.6 Å². The molecule has 0 aliphatic carbocycles. The van der Waals surface area contributed by atoms with Crippen molar-refractivity contribution in [3.05, 3.63) is 70.3 Å². The van der Waals surface area contributed by atoms with Gasteiger partial charge in [-0.25, -0.2) is 4.39 Å². The lowest BCUT2D eigenvalue weighted by atomic mass is 9.76. The van der Waals surface area contributed by atoms with Gasteiger partial charge in [0.15, 0.2) is 6.29 Å². The molecular formula is C30H35F4NO4. The maximum absolute atomic E-state index is 13.5. The number of alkyl halides is 4. The molecule has 212 valence electrons. The summed E-state index contributed by atoms with van der Waals surface area (Å²) in [5.41, 5.74) is 1.39. The molecule has 39 heavy (non-hydrogen) atoms. The Balaban J connectivity index is 1.41. The van der Waals surface area contributed by atoms with Crippen molar-refractivity contribution in [3.8, 4) is 0 Å². The fraction of sp³-hybridized carbons (Fsp3) is 0.567. The highest BCUT2D eigenvalue weighted by Gasteiger charge is 2.49. The molecule has 5 atom stereocenters. The molecule has 0 N–H and O–H groups in total. The van der Waals surface area contributed by atoms with Crippen molar-refractivity contribution < 1.29 is 36.6 Å². The predicted octanol–water partition coefficient (Wildman–Crippen LogP) is 6.20. The van der Waals surface area contributed by atoms with E-state index in [2.05, 4.69) is 0 Å². The number of rotatable bonds is 6. The van der Waals surface area contributed by atoms with Crippen LogP contribution >= 0.6 is 0 Å². The third kappa shape index (κ3) is 6.00. The maximum Gasteiger partial charge on any atom is 0.416 e. The van der Waals surface area contributed by atoms with E-state index >= 15 is 0 Å². The molecule has 0 bridgehead atoms. The number of halogens is 4. The lowest BCUT2D eigenvalue weighted by Gasteiger charge is -2.41. The fourth-order valence-electron chi connectivity index (χ4n) is 6.32. The monoisotopic (exact) mass is 549 g/mol. The summed E-state index contributed by atoms with van der Waals surface area (Å²) < 4.78 is 72.0. The van der Waals surface area contributed by atoms with E-state index in [-0.39, 0.29) is 40.7 Å². The Morgan fingerprint density at radius 1 is 1.13 bits per heavy atom. The number of carbonyl (C=O) groups is 1. The molecule has 0 spiro atoms. The highest BCUT2D eigenvalue weighted by atomic mass is 19.4. The summed E-state index contributed by atoms with van der Waals surface area (Å²) in [6.07, 6.45) is -4.65. The molecule has 3 aliphatic rings. The first-order chi connectivity index (χ1) is 18.7. The average Bonchev–Trinajstić information content (AvgIpc) is 3.37. The highest BCUT2D eigenvalue weighted by Crippen LogP contribution is 2.46. The first-order valence-corrected chi connectivity index (χ1v) is 13.6. The lowest BCUT2D eigenvalue weighted by Crippen LogP contribution is -2.42. The summed E-state index contributed by atoms with van der Waals surface area (Å²) in [5, 5.41) is 0. The van der Waals surface area contributed by atoms with Crippen LogP contribution in [-0.2, 0) is 31.9 Å². The maximum atomic E-state index is 13.5. The van der Waals surface area contributed by atoms with Gasteiger partial charge in [0, 0.05) is 44.1 Å². The van der Waals surface area contributed by atoms with Crippen LogP contribution < -0.4 is 0 Å². The molecule has 2 aromatic rings. The van der Waals surface area contributed by atoms with E-state index in [0.29, 0.717) is 32.9 Å². The lowest BCUT2D eigenvalue weighted by molar-refractivity contribution is -0.217.